The number of nitrogens with zero attached hydrogens (tertiary/aromatic N) is 1. The quantitative estimate of drug-likeness (QED) is 0.284. The van der Waals surface area contributed by atoms with E-state index in [9.17, 15) is 19.7 Å². The van der Waals surface area contributed by atoms with E-state index in [-0.39, 0.29) is 11.3 Å². The van der Waals surface area contributed by atoms with Crippen molar-refractivity contribution in [1.29, 1.82) is 0 Å². The Hall–Kier alpha value is -3.80. The maximum atomic E-state index is 12.3. The normalized spacial score (nSPS) is 10.2. The second-order valence-corrected chi connectivity index (χ2v) is 5.40. The SMILES string of the molecule is O=C(C(=O)c1ccc(Oc2ccc([N+](=O)[O-])cc2)cc1)c1ccccc1. The van der Waals surface area contributed by atoms with Crippen molar-refractivity contribution in [1.82, 2.24) is 0 Å². The molecule has 0 fully saturated rings. The number of nitro groups is 1. The first-order chi connectivity index (χ1) is 12.5. The van der Waals surface area contributed by atoms with Crippen LogP contribution in [0.1, 0.15) is 20.7 Å². The molecule has 0 N–H and O–H groups in total. The Kier molecular flexibility index (Phi) is 4.85. The van der Waals surface area contributed by atoms with E-state index in [1.165, 1.54) is 36.4 Å². The van der Waals surface area contributed by atoms with Crippen molar-refractivity contribution in [3.8, 4) is 11.5 Å². The summed E-state index contributed by atoms with van der Waals surface area (Å²) in [5.41, 5.74) is 0.566. The van der Waals surface area contributed by atoms with Crippen LogP contribution in [-0.4, -0.2) is 16.5 Å². The van der Waals surface area contributed by atoms with Gasteiger partial charge in [0.2, 0.25) is 11.6 Å². The third kappa shape index (κ3) is 3.81. The number of carbonyl (C=O) groups is 2. The molecule has 0 bridgehead atoms. The van der Waals surface area contributed by atoms with Crippen LogP contribution in [0.3, 0.4) is 0 Å². The van der Waals surface area contributed by atoms with E-state index in [2.05, 4.69) is 0 Å². The smallest absolute Gasteiger partial charge is 0.269 e. The van der Waals surface area contributed by atoms with E-state index in [0.717, 1.165) is 0 Å². The van der Waals surface area contributed by atoms with Crippen molar-refractivity contribution < 1.29 is 19.2 Å². The number of benzene rings is 3. The van der Waals surface area contributed by atoms with Crippen molar-refractivity contribution >= 4 is 17.3 Å². The summed E-state index contributed by atoms with van der Waals surface area (Å²) >= 11 is 0. The van der Waals surface area contributed by atoms with Crippen LogP contribution in [0.15, 0.2) is 78.9 Å². The summed E-state index contributed by atoms with van der Waals surface area (Å²) in [5, 5.41) is 10.6. The molecule has 0 saturated heterocycles. The molecule has 0 aromatic heterocycles. The molecule has 3 rings (SSSR count). The zero-order valence-corrected chi connectivity index (χ0v) is 13.5. The summed E-state index contributed by atoms with van der Waals surface area (Å²) < 4.78 is 5.57. The number of Topliss-reactive ketones (excluding diaryl/α,β-unsaturated/α-hetero) is 2. The van der Waals surface area contributed by atoms with Gasteiger partial charge in [-0.1, -0.05) is 30.3 Å². The Morgan fingerprint density at radius 1 is 0.692 bits per heavy atom. The van der Waals surface area contributed by atoms with Gasteiger partial charge >= 0.3 is 0 Å². The Morgan fingerprint density at radius 3 is 1.65 bits per heavy atom. The molecule has 3 aromatic carbocycles. The second kappa shape index (κ2) is 7.40. The molecule has 0 aliphatic heterocycles. The molecule has 128 valence electrons. The lowest BCUT2D eigenvalue weighted by atomic mass is 10.0. The van der Waals surface area contributed by atoms with Crippen molar-refractivity contribution in [2.45, 2.75) is 0 Å². The maximum absolute atomic E-state index is 12.3. The molecular formula is C20H13NO5. The predicted octanol–water partition coefficient (Wildman–Crippen LogP) is 4.45. The first-order valence-corrected chi connectivity index (χ1v) is 7.71. The molecule has 6 nitrogen and oxygen atoms in total. The maximum Gasteiger partial charge on any atom is 0.269 e. The van der Waals surface area contributed by atoms with Crippen LogP contribution < -0.4 is 4.74 Å². The van der Waals surface area contributed by atoms with Crippen molar-refractivity contribution in [2.75, 3.05) is 0 Å². The van der Waals surface area contributed by atoms with Gasteiger partial charge in [-0.2, -0.15) is 0 Å². The van der Waals surface area contributed by atoms with Gasteiger partial charge in [0, 0.05) is 23.3 Å². The Labute approximate surface area is 148 Å². The van der Waals surface area contributed by atoms with Gasteiger partial charge < -0.3 is 4.74 Å². The molecule has 3 aromatic rings. The van der Waals surface area contributed by atoms with E-state index in [1.807, 2.05) is 0 Å². The molecule has 0 atom stereocenters. The zero-order valence-electron chi connectivity index (χ0n) is 13.5. The largest absolute Gasteiger partial charge is 0.457 e. The van der Waals surface area contributed by atoms with E-state index in [4.69, 9.17) is 4.74 Å². The Bertz CT molecular complexity index is 948. The average molecular weight is 347 g/mol. The summed E-state index contributed by atoms with van der Waals surface area (Å²) in [6.45, 7) is 0. The highest BCUT2D eigenvalue weighted by molar-refractivity contribution is 6.49. The number of ether oxygens (including phenoxy) is 1. The number of rotatable bonds is 6. The van der Waals surface area contributed by atoms with Gasteiger partial charge in [0.15, 0.2) is 0 Å². The summed E-state index contributed by atoms with van der Waals surface area (Å²) in [6, 6.07) is 20.1. The summed E-state index contributed by atoms with van der Waals surface area (Å²) in [6.07, 6.45) is 0. The van der Waals surface area contributed by atoms with Crippen LogP contribution in [0, 0.1) is 10.1 Å². The highest BCUT2D eigenvalue weighted by atomic mass is 16.6. The number of hydrogen-bond donors (Lipinski definition) is 0. The molecule has 26 heavy (non-hydrogen) atoms. The molecule has 6 heteroatoms. The van der Waals surface area contributed by atoms with Gasteiger partial charge in [-0.05, 0) is 36.4 Å². The first kappa shape index (κ1) is 17.0. The van der Waals surface area contributed by atoms with Crippen molar-refractivity contribution in [2.24, 2.45) is 0 Å². The van der Waals surface area contributed by atoms with Crippen molar-refractivity contribution in [3.63, 3.8) is 0 Å². The number of nitro benzene ring substituents is 1. The lowest BCUT2D eigenvalue weighted by Crippen LogP contribution is -2.14. The molecular weight excluding hydrogens is 334 g/mol. The van der Waals surface area contributed by atoms with Crippen LogP contribution in [0.2, 0.25) is 0 Å². The highest BCUT2D eigenvalue weighted by Crippen LogP contribution is 2.24. The molecule has 0 radical (unpaired) electrons. The minimum Gasteiger partial charge on any atom is -0.457 e. The number of hydrogen-bond acceptors (Lipinski definition) is 5. The van der Waals surface area contributed by atoms with Crippen LogP contribution in [0.25, 0.3) is 0 Å². The van der Waals surface area contributed by atoms with Crippen LogP contribution in [0.4, 0.5) is 5.69 Å². The van der Waals surface area contributed by atoms with Crippen LogP contribution in [0.5, 0.6) is 11.5 Å². The van der Waals surface area contributed by atoms with E-state index >= 15 is 0 Å². The molecule has 0 aliphatic rings. The molecule has 0 saturated carbocycles. The van der Waals surface area contributed by atoms with Crippen LogP contribution >= 0.6 is 0 Å². The minimum atomic E-state index is -0.599. The molecule has 0 aliphatic carbocycles. The predicted molar refractivity (Wildman–Crippen MR) is 94.7 cm³/mol. The van der Waals surface area contributed by atoms with Gasteiger partial charge in [-0.15, -0.1) is 0 Å². The number of carbonyl (C=O) groups excluding carboxylic acids is 2. The van der Waals surface area contributed by atoms with Crippen molar-refractivity contribution in [3.05, 3.63) is 100 Å². The molecule has 0 spiro atoms. The summed E-state index contributed by atoms with van der Waals surface area (Å²) in [7, 11) is 0. The molecule has 0 heterocycles. The third-order valence-electron chi connectivity index (χ3n) is 3.64. The Morgan fingerprint density at radius 2 is 1.15 bits per heavy atom. The highest BCUT2D eigenvalue weighted by Gasteiger charge is 2.18. The fourth-order valence-electron chi connectivity index (χ4n) is 2.30. The fraction of sp³-hybridized carbons (Fsp3) is 0. The van der Waals surface area contributed by atoms with Crippen LogP contribution in [-0.2, 0) is 0 Å². The topological polar surface area (TPSA) is 86.5 Å². The number of ketones is 2. The average Bonchev–Trinajstić information content (AvgIpc) is 2.68. The molecule has 0 unspecified atom stereocenters. The molecule has 0 amide bonds. The van der Waals surface area contributed by atoms with Gasteiger partial charge in [-0.3, -0.25) is 19.7 Å². The van der Waals surface area contributed by atoms with Gasteiger partial charge in [0.1, 0.15) is 11.5 Å². The van der Waals surface area contributed by atoms with Gasteiger partial charge in [0.25, 0.3) is 5.69 Å². The second-order valence-electron chi connectivity index (χ2n) is 5.40. The summed E-state index contributed by atoms with van der Waals surface area (Å²) in [5.74, 6) is -0.301. The van der Waals surface area contributed by atoms with E-state index in [1.54, 1.807) is 42.5 Å². The monoisotopic (exact) mass is 347 g/mol. The fourth-order valence-corrected chi connectivity index (χ4v) is 2.30. The summed E-state index contributed by atoms with van der Waals surface area (Å²) in [4.78, 5) is 34.6. The number of non-ortho nitro benzene ring substituents is 1. The first-order valence-electron chi connectivity index (χ1n) is 7.71. The lowest BCUT2D eigenvalue weighted by Gasteiger charge is -2.06. The third-order valence-corrected chi connectivity index (χ3v) is 3.64. The lowest BCUT2D eigenvalue weighted by molar-refractivity contribution is -0.384. The van der Waals surface area contributed by atoms with Gasteiger partial charge in [0.05, 0.1) is 4.92 Å². The van der Waals surface area contributed by atoms with E-state index < -0.39 is 16.5 Å². The minimum absolute atomic E-state index is 0.0299. The Balaban J connectivity index is 1.71. The standard InChI is InChI=1S/C20H13NO5/c22-19(14-4-2-1-3-5-14)20(23)15-6-10-17(11-7-15)26-18-12-8-16(9-13-18)21(24)25/h1-13H. The van der Waals surface area contributed by atoms with Gasteiger partial charge in [-0.25, -0.2) is 0 Å². The van der Waals surface area contributed by atoms with E-state index in [0.29, 0.717) is 17.1 Å². The zero-order chi connectivity index (χ0) is 18.5.